The Kier molecular flexibility index (Phi) is 34.8. The number of aliphatic hydroxyl groups excluding tert-OH is 3. The first kappa shape index (κ1) is 84.8. The van der Waals surface area contributed by atoms with Gasteiger partial charge in [0.15, 0.2) is 0 Å². The lowest BCUT2D eigenvalue weighted by atomic mass is 10.00. The van der Waals surface area contributed by atoms with Gasteiger partial charge in [-0.2, -0.15) is 24.4 Å². The van der Waals surface area contributed by atoms with Gasteiger partial charge < -0.3 is 106 Å². The van der Waals surface area contributed by atoms with E-state index in [0.717, 1.165) is 23.6 Å². The number of likely N-dealkylation sites (N-methyl/N-ethyl adjacent to an activating group) is 1. The molecule has 0 radical (unpaired) electrons. The number of carbonyl (C=O) groups is 12. The number of thioether (sulfide) groups is 1. The summed E-state index contributed by atoms with van der Waals surface area (Å²) >= 11 is 5.16. The summed E-state index contributed by atoms with van der Waals surface area (Å²) in [4.78, 5) is 173. The van der Waals surface area contributed by atoms with E-state index in [1.54, 1.807) is 60.8 Å². The van der Waals surface area contributed by atoms with Crippen molar-refractivity contribution >= 4 is 112 Å². The van der Waals surface area contributed by atoms with E-state index in [9.17, 15) is 68.7 Å². The first-order valence-corrected chi connectivity index (χ1v) is 35.7. The summed E-state index contributed by atoms with van der Waals surface area (Å²) in [6, 6.07) is 10.7. The van der Waals surface area contributed by atoms with E-state index in [-0.39, 0.29) is 62.3 Å². The molecule has 2 heterocycles. The van der Waals surface area contributed by atoms with Crippen molar-refractivity contribution in [1.82, 2.24) is 63.1 Å². The van der Waals surface area contributed by atoms with Crippen molar-refractivity contribution in [2.75, 3.05) is 49.7 Å². The molecule has 1 aromatic heterocycles. The van der Waals surface area contributed by atoms with E-state index in [0.29, 0.717) is 51.7 Å². The Morgan fingerprint density at radius 3 is 1.82 bits per heavy atom. The van der Waals surface area contributed by atoms with Crippen molar-refractivity contribution in [2.24, 2.45) is 11.5 Å². The van der Waals surface area contributed by atoms with Gasteiger partial charge in [-0.05, 0) is 104 Å². The van der Waals surface area contributed by atoms with Crippen LogP contribution in [0.4, 0.5) is 5.69 Å². The van der Waals surface area contributed by atoms with Gasteiger partial charge in [-0.3, -0.25) is 52.7 Å². The molecule has 13 atom stereocenters. The van der Waals surface area contributed by atoms with Crippen LogP contribution in [0.1, 0.15) is 75.6 Å². The van der Waals surface area contributed by atoms with Crippen LogP contribution < -0.4 is 70.4 Å². The maximum Gasteiger partial charge on any atom is 0.328 e. The minimum absolute atomic E-state index is 0.00768. The molecule has 0 spiro atoms. The average molecular weight is 1480 g/mol. The fourth-order valence-electron chi connectivity index (χ4n) is 10.9. The normalized spacial score (nSPS) is 19.7. The highest BCUT2D eigenvalue weighted by Gasteiger charge is 2.40. The van der Waals surface area contributed by atoms with E-state index < -0.39 is 169 Å². The molecule has 5 aromatic rings. The number of rotatable bonds is 32. The number of aliphatic carboxylic acids is 1. The molecule has 6 rings (SSSR count). The highest BCUT2D eigenvalue weighted by molar-refractivity contribution is 7.99. The number of phenolic OH excluding ortho intramolecular Hbond substituents is 1. The monoisotopic (exact) mass is 1480 g/mol. The molecule has 0 bridgehead atoms. The first-order valence-electron chi connectivity index (χ1n) is 33.9. The van der Waals surface area contributed by atoms with Crippen molar-refractivity contribution in [3.8, 4) is 5.75 Å². The minimum atomic E-state index is -1.78. The number of para-hydroxylation sites is 1. The first-order chi connectivity index (χ1) is 49.6. The van der Waals surface area contributed by atoms with Gasteiger partial charge in [-0.1, -0.05) is 86.6 Å². The summed E-state index contributed by atoms with van der Waals surface area (Å²) in [5, 5.41) is 76.5. The smallest absolute Gasteiger partial charge is 0.328 e. The highest BCUT2D eigenvalue weighted by Crippen LogP contribution is 2.22. The number of aliphatic hydroxyl groups is 3. The van der Waals surface area contributed by atoms with Crippen molar-refractivity contribution in [2.45, 2.75) is 158 Å². The third-order valence-electron chi connectivity index (χ3n) is 16.8. The number of aromatic hydroxyl groups is 1. The Hall–Kier alpha value is -9.84. The van der Waals surface area contributed by atoms with E-state index >= 15 is 14.4 Å². The molecule has 34 heteroatoms. The number of carboxylic acids is 1. The number of thiol groups is 1. The molecule has 1 aliphatic rings. The zero-order valence-corrected chi connectivity index (χ0v) is 60.2. The average Bonchev–Trinajstić information content (AvgIpc) is 1.68. The molecule has 2 unspecified atom stereocenters. The summed E-state index contributed by atoms with van der Waals surface area (Å²) in [7, 11) is 1.30. The number of aromatic nitrogens is 1. The lowest BCUT2D eigenvalue weighted by molar-refractivity contribution is -0.144. The second-order valence-corrected chi connectivity index (χ2v) is 26.1. The molecule has 1 aliphatic heterocycles. The number of nitrogens with zero attached hydrogens (tertiary/aromatic N) is 1. The summed E-state index contributed by atoms with van der Waals surface area (Å²) in [6.45, 7) is 5.10. The van der Waals surface area contributed by atoms with Crippen LogP contribution in [-0.4, -0.2) is 229 Å². The quantitative estimate of drug-likeness (QED) is 0.0119. The van der Waals surface area contributed by atoms with Gasteiger partial charge in [0.1, 0.15) is 72.2 Å². The second kappa shape index (κ2) is 42.7. The number of nitrogens with two attached hydrogens (primary N) is 3. The third-order valence-corrected chi connectivity index (χ3v) is 18.1. The van der Waals surface area contributed by atoms with Gasteiger partial charge in [0, 0.05) is 67.8 Å². The molecule has 1 fully saturated rings. The molecule has 0 aliphatic carbocycles. The van der Waals surface area contributed by atoms with Crippen LogP contribution in [0.25, 0.3) is 10.9 Å². The Labute approximate surface area is 611 Å². The van der Waals surface area contributed by atoms with Crippen LogP contribution in [0.5, 0.6) is 5.75 Å². The lowest BCUT2D eigenvalue weighted by Crippen LogP contribution is -2.63. The fourth-order valence-corrected chi connectivity index (χ4v) is 12.0. The zero-order chi connectivity index (χ0) is 76.7. The zero-order valence-electron chi connectivity index (χ0n) is 58.5. The van der Waals surface area contributed by atoms with Crippen molar-refractivity contribution < 1.29 is 83.1 Å². The van der Waals surface area contributed by atoms with E-state index in [1.807, 2.05) is 31.3 Å². The van der Waals surface area contributed by atoms with Gasteiger partial charge in [0.25, 0.3) is 0 Å². The number of hydrogen-bond acceptors (Lipinski definition) is 21. The number of benzene rings is 4. The predicted molar refractivity (Wildman–Crippen MR) is 392 cm³/mol. The molecule has 11 amide bonds. The number of carboxylic acid groups (broad SMARTS) is 1. The number of hydrogen-bond donors (Lipinski definition) is 20. The number of aromatic amines is 1. The van der Waals surface area contributed by atoms with Crippen molar-refractivity contribution in [3.63, 3.8) is 0 Å². The Morgan fingerprint density at radius 1 is 0.635 bits per heavy atom. The van der Waals surface area contributed by atoms with E-state index in [2.05, 4.69) is 65.5 Å². The Morgan fingerprint density at radius 2 is 1.19 bits per heavy atom. The summed E-state index contributed by atoms with van der Waals surface area (Å²) < 4.78 is 0. The Bertz CT molecular complexity index is 3700. The molecule has 32 nitrogen and oxygen atoms in total. The minimum Gasteiger partial charge on any atom is -0.508 e. The largest absolute Gasteiger partial charge is 0.508 e. The van der Waals surface area contributed by atoms with Gasteiger partial charge in [0.2, 0.25) is 65.0 Å². The summed E-state index contributed by atoms with van der Waals surface area (Å²) in [6.07, 6.45) is -1.73. The number of amides is 11. The maximum atomic E-state index is 15.2. The lowest BCUT2D eigenvalue weighted by Gasteiger charge is -2.33. The number of H-pyrrole nitrogens is 1. The van der Waals surface area contributed by atoms with Crippen molar-refractivity contribution in [3.05, 3.63) is 132 Å². The molecule has 1 saturated heterocycles. The number of nitrogen functional groups attached to an aromatic ring is 1. The third kappa shape index (κ3) is 26.1. The predicted octanol–water partition coefficient (Wildman–Crippen LogP) is -2.58. The molecule has 0 saturated carbocycles. The van der Waals surface area contributed by atoms with Gasteiger partial charge in [-0.15, -0.1) is 0 Å². The second-order valence-electron chi connectivity index (χ2n) is 24.7. The van der Waals surface area contributed by atoms with Crippen molar-refractivity contribution in [1.29, 1.82) is 0 Å². The highest BCUT2D eigenvalue weighted by atomic mass is 32.2. The summed E-state index contributed by atoms with van der Waals surface area (Å²) in [5.41, 5.74) is 21.2. The molecule has 4 aromatic carbocycles. The SMILES string of the molecule is CC.CC(O)[C@H](NC(=O)[C@H](CS)NC(=O)[C@H](Cc1ccc(N)cc1)NC(=O)[C@@H](N)CNC(=O)CSCC[C@H]1C(=O)N[C@@H](Cc2ccc(O)cc2)C(=O)N[C@H](Cc2c[nH]c3ccccc23)C(=O)N[C@@H](CCCCN)C(=O)N[C@@H](C(C)O)C(=O)N[C@@H](Cc2ccccc2)C(=O)N1C)C(=O)N[C@@H](CO)C(=O)O. The van der Waals surface area contributed by atoms with Crippen LogP contribution in [-0.2, 0) is 83.2 Å². The molecule has 104 heavy (non-hydrogen) atoms. The molecule has 566 valence electrons. The fraction of sp³-hybridized carbons (Fsp3) is 0.457. The van der Waals surface area contributed by atoms with E-state index in [4.69, 9.17) is 17.2 Å². The number of carbonyl (C=O) groups excluding carboxylic acids is 11. The molecule has 22 N–H and O–H groups in total. The van der Waals surface area contributed by atoms with Gasteiger partial charge in [-0.25, -0.2) is 4.79 Å². The Balaban J connectivity index is 0.00000963. The molecular weight excluding hydrogens is 1390 g/mol. The van der Waals surface area contributed by atoms with Crippen LogP contribution in [0.2, 0.25) is 0 Å². The molecular formula is C70H97N15O17S2. The maximum absolute atomic E-state index is 15.2. The van der Waals surface area contributed by atoms with E-state index in [1.165, 1.54) is 50.4 Å². The van der Waals surface area contributed by atoms with Crippen LogP contribution in [0, 0.1) is 0 Å². The number of unbranched alkanes of at least 4 members (excludes halogenated alkanes) is 1. The number of phenols is 1. The number of anilines is 1. The van der Waals surface area contributed by atoms with Gasteiger partial charge >= 0.3 is 5.97 Å². The van der Waals surface area contributed by atoms with Crippen LogP contribution >= 0.6 is 24.4 Å². The standard InChI is InChI=1S/C68H91N15O17S2.C2H6/c1-36(85)56-65(96)78-51(29-38-11-5-4-6-12-38)67(98)83(3)54(64(95)77-49(28-40-18-22-43(87)23-19-40)60(91)76-50(30-41-31-72-46-14-8-7-13-44(41)46)62(93)74-47(59(90)81-56)15-9-10-25-69)24-26-102-35-55(88)73-32-45(71)58(89)75-48(27-39-16-20-42(70)21-17-39)61(92)80-53(34-101)63(94)82-57(37(2)86)66(97)79-52(33-84)68(99)100;1-2/h4-8,11-14,16-23,31,36-37,45,47-54,56-57,72,84-87,101H,9-10,15,24-30,32-35,69-71H2,1-3H3,(H,73,88)(H,74,93)(H,75,89)(H,76,91)(H,77,95)(H,78,96)(H,79,97)(H,80,92)(H,81,90)(H,82,94)(H,99,100);1-2H3/t36?,37?,45-,47-,48-,49-,50+,51-,52-,53-,54-,56-,57-;/m0./s1. The number of fused-ring (bicyclic) bond motifs is 1. The summed E-state index contributed by atoms with van der Waals surface area (Å²) in [5.74, 6) is -12.5. The van der Waals surface area contributed by atoms with Crippen LogP contribution in [0.3, 0.4) is 0 Å². The van der Waals surface area contributed by atoms with Gasteiger partial charge in [0.05, 0.1) is 24.6 Å². The van der Waals surface area contributed by atoms with Crippen LogP contribution in [0.15, 0.2) is 109 Å². The topological polar surface area (TPSA) is 523 Å². The number of nitrogens with one attached hydrogen (secondary N) is 11.